The molecular formula is C16H32ClO2P. The molecule has 120 valence electrons. The van der Waals surface area contributed by atoms with E-state index in [1.54, 1.807) is 25.7 Å². The maximum atomic E-state index is 8.46. The molecule has 0 aromatic heterocycles. The highest BCUT2D eigenvalue weighted by molar-refractivity contribution is 7.16. The van der Waals surface area contributed by atoms with Crippen molar-refractivity contribution < 1.29 is 9.46 Å². The third-order valence-electron chi connectivity index (χ3n) is 4.97. The highest BCUT2D eigenvalue weighted by atomic mass is 35.5. The van der Waals surface area contributed by atoms with Gasteiger partial charge < -0.3 is 4.89 Å². The molecule has 0 radical (unpaired) electrons. The Bertz CT molecular complexity index is 191. The molecule has 4 heteroatoms. The van der Waals surface area contributed by atoms with Crippen molar-refractivity contribution in [2.75, 3.05) is 0 Å². The van der Waals surface area contributed by atoms with Crippen molar-refractivity contribution in [3.05, 3.63) is 0 Å². The third kappa shape index (κ3) is 9.32. The average Bonchev–Trinajstić information content (AvgIpc) is 2.30. The molecule has 2 nitrogen and oxygen atoms in total. The van der Waals surface area contributed by atoms with Gasteiger partial charge in [0.15, 0.2) is 0 Å². The molecule has 0 spiro atoms. The maximum Gasteiger partial charge on any atom is 0.324 e. The molecule has 0 aromatic rings. The second-order valence-electron chi connectivity index (χ2n) is 6.29. The van der Waals surface area contributed by atoms with E-state index in [-0.39, 0.29) is 12.4 Å². The molecule has 2 aliphatic carbocycles. The van der Waals surface area contributed by atoms with E-state index in [9.17, 15) is 0 Å². The first-order valence-electron chi connectivity index (χ1n) is 8.35. The monoisotopic (exact) mass is 322 g/mol. The van der Waals surface area contributed by atoms with Gasteiger partial charge in [0.05, 0.1) is 0 Å². The van der Waals surface area contributed by atoms with Crippen molar-refractivity contribution in [2.24, 2.45) is 11.8 Å². The van der Waals surface area contributed by atoms with Gasteiger partial charge in [-0.25, -0.2) is 4.57 Å². The Morgan fingerprint density at radius 1 is 0.600 bits per heavy atom. The van der Waals surface area contributed by atoms with Crippen LogP contribution in [0.25, 0.3) is 0 Å². The molecule has 0 aliphatic heterocycles. The molecule has 2 fully saturated rings. The lowest BCUT2D eigenvalue weighted by Gasteiger charge is -2.30. The third-order valence-corrected chi connectivity index (χ3v) is 4.97. The van der Waals surface area contributed by atoms with Crippen molar-refractivity contribution in [3.63, 3.8) is 0 Å². The van der Waals surface area contributed by atoms with E-state index in [0.717, 1.165) is 11.8 Å². The highest BCUT2D eigenvalue weighted by Gasteiger charge is 2.22. The van der Waals surface area contributed by atoms with Gasteiger partial charge in [0.2, 0.25) is 0 Å². The summed E-state index contributed by atoms with van der Waals surface area (Å²) >= 11 is 0. The van der Waals surface area contributed by atoms with Crippen LogP contribution in [0.2, 0.25) is 0 Å². The molecule has 2 rings (SSSR count). The lowest BCUT2D eigenvalue weighted by molar-refractivity contribution is 0.221. The fourth-order valence-corrected chi connectivity index (χ4v) is 3.92. The molecular weight excluding hydrogens is 291 g/mol. The summed E-state index contributed by atoms with van der Waals surface area (Å²) in [4.78, 5) is 6.99. The summed E-state index contributed by atoms with van der Waals surface area (Å²) in [6, 6.07) is 0. The van der Waals surface area contributed by atoms with Crippen molar-refractivity contribution in [2.45, 2.75) is 89.9 Å². The van der Waals surface area contributed by atoms with Gasteiger partial charge in [0.1, 0.15) is 0 Å². The second kappa shape index (κ2) is 14.3. The molecule has 0 amide bonds. The van der Waals surface area contributed by atoms with Crippen molar-refractivity contribution in [1.82, 2.24) is 0 Å². The van der Waals surface area contributed by atoms with Crippen LogP contribution in [0.4, 0.5) is 0 Å². The summed E-state index contributed by atoms with van der Waals surface area (Å²) < 4.78 is 8.46. The van der Waals surface area contributed by atoms with Crippen LogP contribution in [-0.2, 0) is 4.57 Å². The molecule has 0 saturated heterocycles. The molecule has 20 heavy (non-hydrogen) atoms. The predicted octanol–water partition coefficient (Wildman–Crippen LogP) is 6.31. The van der Waals surface area contributed by atoms with E-state index in [2.05, 4.69) is 0 Å². The minimum absolute atomic E-state index is 0. The Morgan fingerprint density at radius 3 is 1.05 bits per heavy atom. The van der Waals surface area contributed by atoms with Crippen LogP contribution in [0, 0.1) is 11.8 Å². The summed E-state index contributed by atoms with van der Waals surface area (Å²) in [6.07, 6.45) is 21.4. The zero-order valence-electron chi connectivity index (χ0n) is 12.8. The topological polar surface area (TPSA) is 37.3 Å². The lowest BCUT2D eigenvalue weighted by Crippen LogP contribution is -2.17. The SMILES string of the molecule is C1CCCC(C2CCCCCCC2)CCC1.Cl.O=PO. The average molecular weight is 323 g/mol. The van der Waals surface area contributed by atoms with E-state index in [1.807, 2.05) is 0 Å². The first-order valence-corrected chi connectivity index (χ1v) is 9.11. The number of hydrogen-bond donors (Lipinski definition) is 1. The van der Waals surface area contributed by atoms with Gasteiger partial charge in [0, 0.05) is 0 Å². The van der Waals surface area contributed by atoms with E-state index in [4.69, 9.17) is 9.46 Å². The highest BCUT2D eigenvalue weighted by Crippen LogP contribution is 2.35. The van der Waals surface area contributed by atoms with Gasteiger partial charge in [-0.15, -0.1) is 12.4 Å². The molecule has 2 saturated carbocycles. The number of hydrogen-bond acceptors (Lipinski definition) is 1. The van der Waals surface area contributed by atoms with Crippen LogP contribution < -0.4 is 0 Å². The first-order chi connectivity index (χ1) is 9.38. The zero-order valence-corrected chi connectivity index (χ0v) is 14.5. The van der Waals surface area contributed by atoms with Gasteiger partial charge >= 0.3 is 8.69 Å². The van der Waals surface area contributed by atoms with E-state index >= 15 is 0 Å². The number of halogens is 1. The van der Waals surface area contributed by atoms with Crippen LogP contribution >= 0.6 is 21.1 Å². The molecule has 0 atom stereocenters. The van der Waals surface area contributed by atoms with Gasteiger partial charge in [-0.05, 0) is 11.8 Å². The van der Waals surface area contributed by atoms with Gasteiger partial charge in [-0.1, -0.05) is 89.9 Å². The fourth-order valence-electron chi connectivity index (χ4n) is 3.92. The normalized spacial score (nSPS) is 23.2. The standard InChI is InChI=1S/C16H30.ClH.HO2P/c1-3-7-11-15(12-8-4-1)16-13-9-5-2-6-10-14-16;;1-3-2/h15-16H,1-14H2;1H;(H,1,2). The van der Waals surface area contributed by atoms with E-state index in [0.29, 0.717) is 0 Å². The first kappa shape index (κ1) is 20.3. The summed E-state index contributed by atoms with van der Waals surface area (Å²) in [5.41, 5.74) is 0. The molecule has 0 heterocycles. The van der Waals surface area contributed by atoms with E-state index in [1.165, 1.54) is 64.2 Å². The summed E-state index contributed by atoms with van der Waals surface area (Å²) in [5, 5.41) is 0. The summed E-state index contributed by atoms with van der Waals surface area (Å²) in [6.45, 7) is 0. The van der Waals surface area contributed by atoms with Gasteiger partial charge in [-0.3, -0.25) is 0 Å². The van der Waals surface area contributed by atoms with Crippen LogP contribution in [0.15, 0.2) is 0 Å². The second-order valence-corrected chi connectivity index (χ2v) is 6.46. The smallest absolute Gasteiger partial charge is 0.310 e. The molecule has 0 unspecified atom stereocenters. The van der Waals surface area contributed by atoms with Gasteiger partial charge in [-0.2, -0.15) is 0 Å². The van der Waals surface area contributed by atoms with E-state index < -0.39 is 8.69 Å². The van der Waals surface area contributed by atoms with Crippen molar-refractivity contribution in [3.8, 4) is 0 Å². The molecule has 0 aromatic carbocycles. The number of rotatable bonds is 1. The Morgan fingerprint density at radius 2 is 0.800 bits per heavy atom. The quantitative estimate of drug-likeness (QED) is 0.574. The Balaban J connectivity index is 0.000000830. The predicted molar refractivity (Wildman–Crippen MR) is 88.7 cm³/mol. The Labute approximate surface area is 132 Å². The van der Waals surface area contributed by atoms with Crippen LogP contribution in [0.3, 0.4) is 0 Å². The molecule has 1 N–H and O–H groups in total. The summed E-state index contributed by atoms with van der Waals surface area (Å²) in [7, 11) is -0.833. The van der Waals surface area contributed by atoms with Crippen LogP contribution in [0.1, 0.15) is 89.9 Å². The van der Waals surface area contributed by atoms with Gasteiger partial charge in [0.25, 0.3) is 0 Å². The van der Waals surface area contributed by atoms with Crippen molar-refractivity contribution in [1.29, 1.82) is 0 Å². The largest absolute Gasteiger partial charge is 0.324 e. The Hall–Kier alpha value is 0.350. The van der Waals surface area contributed by atoms with Crippen LogP contribution in [-0.4, -0.2) is 4.89 Å². The molecule has 0 bridgehead atoms. The zero-order chi connectivity index (χ0) is 13.8. The minimum atomic E-state index is -0.833. The summed E-state index contributed by atoms with van der Waals surface area (Å²) in [5.74, 6) is 2.22. The minimum Gasteiger partial charge on any atom is -0.310 e. The maximum absolute atomic E-state index is 8.46. The molecule has 2 aliphatic rings. The van der Waals surface area contributed by atoms with Crippen LogP contribution in [0.5, 0.6) is 0 Å². The fraction of sp³-hybridized carbons (Fsp3) is 1.00. The lowest BCUT2D eigenvalue weighted by atomic mass is 9.76. The Kier molecular flexibility index (Phi) is 14.5. The van der Waals surface area contributed by atoms with Crippen molar-refractivity contribution >= 4 is 21.1 Å².